The number of piperazine rings is 1. The molecule has 150 valence electrons. The summed E-state index contributed by atoms with van der Waals surface area (Å²) in [4.78, 5) is 16.8. The molecule has 1 aromatic rings. The van der Waals surface area contributed by atoms with Gasteiger partial charge in [0.2, 0.25) is 10.0 Å². The van der Waals surface area contributed by atoms with Gasteiger partial charge in [0.25, 0.3) is 5.91 Å². The number of likely N-dealkylation sites (N-methyl/N-ethyl adjacent to an activating group) is 1. The molecule has 1 saturated heterocycles. The maximum absolute atomic E-state index is 13.1. The second-order valence-electron chi connectivity index (χ2n) is 7.56. The highest BCUT2D eigenvalue weighted by Crippen LogP contribution is 2.28. The molecule has 0 radical (unpaired) electrons. The van der Waals surface area contributed by atoms with Gasteiger partial charge in [-0.1, -0.05) is 30.9 Å². The van der Waals surface area contributed by atoms with Crippen LogP contribution in [0.2, 0.25) is 5.02 Å². The fourth-order valence-electron chi connectivity index (χ4n) is 3.84. The van der Waals surface area contributed by atoms with E-state index in [1.165, 1.54) is 22.9 Å². The van der Waals surface area contributed by atoms with Crippen molar-refractivity contribution in [1.29, 1.82) is 0 Å². The van der Waals surface area contributed by atoms with Crippen molar-refractivity contribution in [2.24, 2.45) is 0 Å². The Morgan fingerprint density at radius 2 is 1.74 bits per heavy atom. The predicted molar refractivity (Wildman–Crippen MR) is 107 cm³/mol. The Morgan fingerprint density at radius 1 is 1.11 bits per heavy atom. The fourth-order valence-corrected chi connectivity index (χ4v) is 5.76. The average molecular weight is 414 g/mol. The van der Waals surface area contributed by atoms with E-state index in [-0.39, 0.29) is 21.9 Å². The number of carbonyl (C=O) groups excluding carboxylic acids is 1. The van der Waals surface area contributed by atoms with Gasteiger partial charge in [0, 0.05) is 44.8 Å². The third-order valence-electron chi connectivity index (χ3n) is 5.70. The van der Waals surface area contributed by atoms with E-state index in [2.05, 4.69) is 4.90 Å². The molecular weight excluding hydrogens is 386 g/mol. The summed E-state index contributed by atoms with van der Waals surface area (Å²) in [5.74, 6) is -0.145. The molecule has 1 amide bonds. The molecule has 2 fully saturated rings. The molecule has 0 N–H and O–H groups in total. The number of sulfonamides is 1. The highest BCUT2D eigenvalue weighted by Gasteiger charge is 2.31. The first-order chi connectivity index (χ1) is 12.8. The number of amides is 1. The summed E-state index contributed by atoms with van der Waals surface area (Å²) in [6.45, 7) is 2.21. The lowest BCUT2D eigenvalue weighted by molar-refractivity contribution is 0.0696. The summed E-state index contributed by atoms with van der Waals surface area (Å²) in [6.07, 6.45) is 5.48. The third kappa shape index (κ3) is 4.47. The lowest BCUT2D eigenvalue weighted by atomic mass is 9.94. The van der Waals surface area contributed by atoms with Crippen LogP contribution in [0.1, 0.15) is 42.5 Å². The topological polar surface area (TPSA) is 60.9 Å². The van der Waals surface area contributed by atoms with Crippen LogP contribution in [0.4, 0.5) is 0 Å². The van der Waals surface area contributed by atoms with Gasteiger partial charge in [-0.2, -0.15) is 4.31 Å². The lowest BCUT2D eigenvalue weighted by Crippen LogP contribution is -2.47. The van der Waals surface area contributed by atoms with Crippen LogP contribution in [-0.4, -0.2) is 74.7 Å². The Kier molecular flexibility index (Phi) is 6.46. The van der Waals surface area contributed by atoms with Crippen LogP contribution < -0.4 is 0 Å². The quantitative estimate of drug-likeness (QED) is 0.761. The zero-order chi connectivity index (χ0) is 19.6. The second-order valence-corrected chi connectivity index (χ2v) is 9.87. The van der Waals surface area contributed by atoms with Gasteiger partial charge < -0.3 is 9.80 Å². The molecule has 1 aliphatic heterocycles. The highest BCUT2D eigenvalue weighted by molar-refractivity contribution is 7.89. The minimum Gasteiger partial charge on any atom is -0.339 e. The SMILES string of the molecule is CN1CCN(S(=O)(=O)c2cc(C(=O)N(C)C3CCCCC3)ccc2Cl)CC1. The molecule has 1 saturated carbocycles. The number of hydrogen-bond donors (Lipinski definition) is 0. The van der Waals surface area contributed by atoms with Crippen molar-refractivity contribution < 1.29 is 13.2 Å². The zero-order valence-electron chi connectivity index (χ0n) is 16.0. The van der Waals surface area contributed by atoms with Crippen LogP contribution in [0.3, 0.4) is 0 Å². The van der Waals surface area contributed by atoms with E-state index in [4.69, 9.17) is 11.6 Å². The van der Waals surface area contributed by atoms with Gasteiger partial charge in [0.1, 0.15) is 4.90 Å². The van der Waals surface area contributed by atoms with Gasteiger partial charge >= 0.3 is 0 Å². The number of carbonyl (C=O) groups is 1. The van der Waals surface area contributed by atoms with Crippen LogP contribution in [0, 0.1) is 0 Å². The van der Waals surface area contributed by atoms with Crippen molar-refractivity contribution in [3.8, 4) is 0 Å². The molecule has 2 aliphatic rings. The molecule has 1 aromatic carbocycles. The Hall–Kier alpha value is -1.15. The molecule has 6 nitrogen and oxygen atoms in total. The summed E-state index contributed by atoms with van der Waals surface area (Å²) >= 11 is 6.22. The van der Waals surface area contributed by atoms with E-state index < -0.39 is 10.0 Å². The Balaban J connectivity index is 1.84. The van der Waals surface area contributed by atoms with E-state index in [1.54, 1.807) is 11.0 Å². The summed E-state index contributed by atoms with van der Waals surface area (Å²) < 4.78 is 27.6. The smallest absolute Gasteiger partial charge is 0.253 e. The molecule has 0 unspecified atom stereocenters. The number of hydrogen-bond acceptors (Lipinski definition) is 4. The van der Waals surface area contributed by atoms with Crippen LogP contribution >= 0.6 is 11.6 Å². The van der Waals surface area contributed by atoms with E-state index in [9.17, 15) is 13.2 Å². The van der Waals surface area contributed by atoms with Gasteiger partial charge in [-0.25, -0.2) is 8.42 Å². The number of halogens is 1. The average Bonchev–Trinajstić information content (AvgIpc) is 2.68. The van der Waals surface area contributed by atoms with Crippen molar-refractivity contribution in [1.82, 2.24) is 14.1 Å². The lowest BCUT2D eigenvalue weighted by Gasteiger charge is -2.32. The van der Waals surface area contributed by atoms with Gasteiger partial charge in [-0.05, 0) is 38.1 Å². The van der Waals surface area contributed by atoms with Crippen molar-refractivity contribution in [3.05, 3.63) is 28.8 Å². The van der Waals surface area contributed by atoms with E-state index in [1.807, 2.05) is 14.1 Å². The minimum atomic E-state index is -3.72. The number of rotatable bonds is 4. The van der Waals surface area contributed by atoms with Gasteiger partial charge in [0.05, 0.1) is 5.02 Å². The van der Waals surface area contributed by atoms with Gasteiger partial charge in [-0.15, -0.1) is 0 Å². The molecule has 8 heteroatoms. The van der Waals surface area contributed by atoms with Crippen molar-refractivity contribution in [2.45, 2.75) is 43.0 Å². The molecule has 3 rings (SSSR count). The fraction of sp³-hybridized carbons (Fsp3) is 0.632. The summed E-state index contributed by atoms with van der Waals surface area (Å²) in [7, 11) is 0.0580. The molecule has 0 spiro atoms. The van der Waals surface area contributed by atoms with Gasteiger partial charge in [-0.3, -0.25) is 4.79 Å². The monoisotopic (exact) mass is 413 g/mol. The standard InChI is InChI=1S/C19H28ClN3O3S/c1-21-10-12-23(13-11-21)27(25,26)18-14-15(8-9-17(18)20)19(24)22(2)16-6-4-3-5-7-16/h8-9,14,16H,3-7,10-13H2,1-2H3. The first kappa shape index (κ1) is 20.6. The van der Waals surface area contributed by atoms with E-state index in [0.29, 0.717) is 31.7 Å². The normalized spacial score (nSPS) is 20.6. The van der Waals surface area contributed by atoms with E-state index in [0.717, 1.165) is 25.7 Å². The van der Waals surface area contributed by atoms with Crippen LogP contribution in [-0.2, 0) is 10.0 Å². The summed E-state index contributed by atoms with van der Waals surface area (Å²) in [5, 5.41) is 0.158. The van der Waals surface area contributed by atoms with Crippen molar-refractivity contribution >= 4 is 27.5 Å². The second kappa shape index (κ2) is 8.47. The largest absolute Gasteiger partial charge is 0.339 e. The van der Waals surface area contributed by atoms with Crippen molar-refractivity contribution in [3.63, 3.8) is 0 Å². The van der Waals surface area contributed by atoms with Crippen LogP contribution in [0.25, 0.3) is 0 Å². The molecule has 1 heterocycles. The minimum absolute atomic E-state index is 0.0246. The third-order valence-corrected chi connectivity index (χ3v) is 8.08. The Bertz CT molecular complexity index is 785. The predicted octanol–water partition coefficient (Wildman–Crippen LogP) is 2.68. The summed E-state index contributed by atoms with van der Waals surface area (Å²) in [6, 6.07) is 4.80. The Morgan fingerprint density at radius 3 is 2.37 bits per heavy atom. The highest BCUT2D eigenvalue weighted by atomic mass is 35.5. The van der Waals surface area contributed by atoms with Crippen LogP contribution in [0.15, 0.2) is 23.1 Å². The number of nitrogens with zero attached hydrogens (tertiary/aromatic N) is 3. The van der Waals surface area contributed by atoms with E-state index >= 15 is 0 Å². The molecule has 27 heavy (non-hydrogen) atoms. The molecular formula is C19H28ClN3O3S. The number of benzene rings is 1. The maximum atomic E-state index is 13.1. The maximum Gasteiger partial charge on any atom is 0.253 e. The molecule has 0 bridgehead atoms. The molecule has 0 atom stereocenters. The van der Waals surface area contributed by atoms with Crippen molar-refractivity contribution in [2.75, 3.05) is 40.3 Å². The zero-order valence-corrected chi connectivity index (χ0v) is 17.6. The summed E-state index contributed by atoms with van der Waals surface area (Å²) in [5.41, 5.74) is 0.375. The molecule has 1 aliphatic carbocycles. The molecule has 0 aromatic heterocycles. The Labute approximate surface area is 167 Å². The van der Waals surface area contributed by atoms with Crippen LogP contribution in [0.5, 0.6) is 0 Å². The first-order valence-corrected chi connectivity index (χ1v) is 11.4. The van der Waals surface area contributed by atoms with Gasteiger partial charge in [0.15, 0.2) is 0 Å². The first-order valence-electron chi connectivity index (χ1n) is 9.56.